The molecule has 6 aliphatic rings. The number of aromatic nitrogens is 2. The first-order valence-electron chi connectivity index (χ1n) is 14.1. The van der Waals surface area contributed by atoms with Crippen LogP contribution >= 0.6 is 0 Å². The van der Waals surface area contributed by atoms with Crippen LogP contribution in [0.5, 0.6) is 5.75 Å². The molecule has 2 bridgehead atoms. The summed E-state index contributed by atoms with van der Waals surface area (Å²) in [6.07, 6.45) is 5.64. The maximum atomic E-state index is 6.51. The highest BCUT2D eigenvalue weighted by molar-refractivity contribution is 5.37. The zero-order valence-electron chi connectivity index (χ0n) is 22.5. The average Bonchev–Trinajstić information content (AvgIpc) is 2.94. The van der Waals surface area contributed by atoms with E-state index in [2.05, 4.69) is 57.9 Å². The Bertz CT molecular complexity index is 1130. The number of piperazine rings is 1. The van der Waals surface area contributed by atoms with Gasteiger partial charge in [0.25, 0.3) is 0 Å². The van der Waals surface area contributed by atoms with Crippen molar-refractivity contribution in [2.24, 2.45) is 23.7 Å². The minimum absolute atomic E-state index is 0.154. The molecule has 0 radical (unpaired) electrons. The molecule has 5 aliphatic heterocycles. The van der Waals surface area contributed by atoms with Crippen LogP contribution in [-0.2, 0) is 25.8 Å². The molecule has 8 atom stereocenters. The molecule has 0 N–H and O–H groups in total. The minimum atomic E-state index is -0.764. The molecule has 8 rings (SSSR count). The van der Waals surface area contributed by atoms with Crippen molar-refractivity contribution in [1.82, 2.24) is 14.9 Å². The van der Waals surface area contributed by atoms with Crippen LogP contribution in [0.3, 0.4) is 0 Å². The molecule has 6 heterocycles. The van der Waals surface area contributed by atoms with Crippen molar-refractivity contribution in [2.75, 3.05) is 31.1 Å². The van der Waals surface area contributed by atoms with Crippen LogP contribution in [-0.4, -0.2) is 65.0 Å². The van der Waals surface area contributed by atoms with Gasteiger partial charge in [-0.1, -0.05) is 26.0 Å². The van der Waals surface area contributed by atoms with Crippen molar-refractivity contribution in [3.05, 3.63) is 48.4 Å². The number of rotatable bonds is 5. The summed E-state index contributed by atoms with van der Waals surface area (Å²) in [5, 5.41) is 0. The fourth-order valence-electron chi connectivity index (χ4n) is 7.49. The molecule has 0 amide bonds. The SMILES string of the molecule is C[C@@H]1CCC2[C@@H](C)[C@@H](Oc3ccc(CN4CCN(c5ccncn5)CC4)cc3)O[C@@H]3O[C@]4(C)CC1[C@@]23OO4. The lowest BCUT2D eigenvalue weighted by Crippen LogP contribution is -2.76. The van der Waals surface area contributed by atoms with E-state index < -0.39 is 24.0 Å². The molecule has 2 aromatic rings. The normalized spacial score (nSPS) is 40.6. The van der Waals surface area contributed by atoms with E-state index in [-0.39, 0.29) is 11.8 Å². The predicted molar refractivity (Wildman–Crippen MR) is 139 cm³/mol. The van der Waals surface area contributed by atoms with E-state index in [9.17, 15) is 0 Å². The number of ether oxygens (including phenoxy) is 3. The van der Waals surface area contributed by atoms with Crippen LogP contribution in [0.15, 0.2) is 42.9 Å². The third-order valence-electron chi connectivity index (χ3n) is 9.62. The first-order valence-corrected chi connectivity index (χ1v) is 14.1. The van der Waals surface area contributed by atoms with Crippen molar-refractivity contribution >= 4 is 5.82 Å². The summed E-state index contributed by atoms with van der Waals surface area (Å²) in [5.74, 6) is 2.39. The first-order chi connectivity index (χ1) is 18.4. The maximum absolute atomic E-state index is 6.51. The van der Waals surface area contributed by atoms with Gasteiger partial charge in [-0.15, -0.1) is 0 Å². The number of hydrogen-bond donors (Lipinski definition) is 0. The fourth-order valence-corrected chi connectivity index (χ4v) is 7.49. The molecule has 204 valence electrons. The summed E-state index contributed by atoms with van der Waals surface area (Å²) in [5.41, 5.74) is 0.732. The first kappa shape index (κ1) is 24.7. The lowest BCUT2D eigenvalue weighted by Gasteiger charge is -2.66. The Morgan fingerprint density at radius 1 is 1.00 bits per heavy atom. The van der Waals surface area contributed by atoms with Gasteiger partial charge in [-0.25, -0.2) is 19.7 Å². The molecule has 6 fully saturated rings. The monoisotopic (exact) mass is 522 g/mol. The van der Waals surface area contributed by atoms with Gasteiger partial charge in [0.05, 0.1) is 0 Å². The van der Waals surface area contributed by atoms with Crippen molar-refractivity contribution in [3.63, 3.8) is 0 Å². The summed E-state index contributed by atoms with van der Waals surface area (Å²) in [4.78, 5) is 25.1. The number of hydrogen-bond acceptors (Lipinski definition) is 9. The van der Waals surface area contributed by atoms with Crippen LogP contribution in [0.4, 0.5) is 5.82 Å². The van der Waals surface area contributed by atoms with Crippen molar-refractivity contribution in [2.45, 2.75) is 70.5 Å². The van der Waals surface area contributed by atoms with Gasteiger partial charge in [-0.3, -0.25) is 4.90 Å². The smallest absolute Gasteiger partial charge is 0.205 e. The van der Waals surface area contributed by atoms with E-state index in [4.69, 9.17) is 24.0 Å². The lowest BCUT2D eigenvalue weighted by molar-refractivity contribution is -0.614. The second-order valence-electron chi connectivity index (χ2n) is 12.0. The molecule has 38 heavy (non-hydrogen) atoms. The van der Waals surface area contributed by atoms with Crippen molar-refractivity contribution < 1.29 is 24.0 Å². The van der Waals surface area contributed by atoms with Gasteiger partial charge in [-0.2, -0.15) is 0 Å². The Kier molecular flexibility index (Phi) is 6.12. The highest BCUT2D eigenvalue weighted by atomic mass is 17.3. The third kappa shape index (κ3) is 4.10. The highest BCUT2D eigenvalue weighted by Gasteiger charge is 2.72. The molecule has 1 spiro atoms. The maximum Gasteiger partial charge on any atom is 0.205 e. The van der Waals surface area contributed by atoms with E-state index in [0.29, 0.717) is 11.8 Å². The minimum Gasteiger partial charge on any atom is -0.465 e. The van der Waals surface area contributed by atoms with Gasteiger partial charge < -0.3 is 19.1 Å². The standard InChI is InChI=1S/C29H38N4O5/c1-19-4-9-23-20(2)26(35-27-29(23)24(19)16-28(3,36-27)37-38-29)34-22-7-5-21(6-8-22)17-32-12-14-33(15-13-32)25-10-11-30-18-31-25/h5-8,10-11,18-20,23-24,26-27H,4,9,12-17H2,1-3H3/t19-,20-,23?,24?,26+,27-,28+,29+/m1/s1. The fraction of sp³-hybridized carbons (Fsp3) is 0.655. The van der Waals surface area contributed by atoms with E-state index in [1.807, 2.05) is 13.0 Å². The second-order valence-corrected chi connectivity index (χ2v) is 12.0. The quantitative estimate of drug-likeness (QED) is 0.542. The van der Waals surface area contributed by atoms with Gasteiger partial charge in [0.15, 0.2) is 11.9 Å². The third-order valence-corrected chi connectivity index (χ3v) is 9.62. The summed E-state index contributed by atoms with van der Waals surface area (Å²) >= 11 is 0. The van der Waals surface area contributed by atoms with E-state index in [1.165, 1.54) is 12.0 Å². The number of nitrogens with zero attached hydrogens (tertiary/aromatic N) is 4. The molecule has 2 unspecified atom stereocenters. The zero-order valence-corrected chi connectivity index (χ0v) is 22.5. The molecule has 1 aliphatic carbocycles. The Hall–Kier alpha value is -2.30. The topological polar surface area (TPSA) is 78.4 Å². The summed E-state index contributed by atoms with van der Waals surface area (Å²) in [7, 11) is 0. The van der Waals surface area contributed by atoms with Gasteiger partial charge >= 0.3 is 0 Å². The van der Waals surface area contributed by atoms with Crippen molar-refractivity contribution in [3.8, 4) is 5.75 Å². The summed E-state index contributed by atoms with van der Waals surface area (Å²) < 4.78 is 19.3. The summed E-state index contributed by atoms with van der Waals surface area (Å²) in [6, 6.07) is 10.4. The highest BCUT2D eigenvalue weighted by Crippen LogP contribution is 2.62. The Morgan fingerprint density at radius 2 is 1.82 bits per heavy atom. The van der Waals surface area contributed by atoms with Crippen LogP contribution in [0, 0.1) is 23.7 Å². The Balaban J connectivity index is 0.988. The van der Waals surface area contributed by atoms with Crippen LogP contribution < -0.4 is 9.64 Å². The second kappa shape index (κ2) is 9.41. The summed E-state index contributed by atoms with van der Waals surface area (Å²) in [6.45, 7) is 11.4. The van der Waals surface area contributed by atoms with E-state index in [1.54, 1.807) is 12.5 Å². The van der Waals surface area contributed by atoms with E-state index >= 15 is 0 Å². The average molecular weight is 523 g/mol. The van der Waals surface area contributed by atoms with Crippen molar-refractivity contribution in [1.29, 1.82) is 0 Å². The number of anilines is 1. The number of benzene rings is 1. The Morgan fingerprint density at radius 3 is 2.58 bits per heavy atom. The van der Waals surface area contributed by atoms with Gasteiger partial charge in [0, 0.05) is 63.1 Å². The predicted octanol–water partition coefficient (Wildman–Crippen LogP) is 4.00. The molecule has 5 saturated heterocycles. The number of fused-ring (bicyclic) bond motifs is 1. The molecular formula is C29H38N4O5. The van der Waals surface area contributed by atoms with Crippen LogP contribution in [0.25, 0.3) is 0 Å². The zero-order chi connectivity index (χ0) is 25.9. The van der Waals surface area contributed by atoms with Crippen LogP contribution in [0.1, 0.15) is 45.6 Å². The van der Waals surface area contributed by atoms with Gasteiger partial charge in [-0.05, 0) is 49.4 Å². The van der Waals surface area contributed by atoms with Gasteiger partial charge in [0.1, 0.15) is 17.9 Å². The molecular weight excluding hydrogens is 484 g/mol. The van der Waals surface area contributed by atoms with Gasteiger partial charge in [0.2, 0.25) is 12.1 Å². The van der Waals surface area contributed by atoms with E-state index in [0.717, 1.165) is 57.1 Å². The largest absolute Gasteiger partial charge is 0.465 e. The molecule has 1 aromatic heterocycles. The molecule has 1 aromatic carbocycles. The molecule has 9 heteroatoms. The van der Waals surface area contributed by atoms with Crippen LogP contribution in [0.2, 0.25) is 0 Å². The Labute approximate surface area is 224 Å². The molecule has 9 nitrogen and oxygen atoms in total. The molecule has 1 saturated carbocycles. The lowest BCUT2D eigenvalue weighted by atomic mass is 9.56.